The van der Waals surface area contributed by atoms with Crippen LogP contribution >= 0.6 is 11.3 Å². The maximum absolute atomic E-state index is 11.8. The predicted octanol–water partition coefficient (Wildman–Crippen LogP) is 2.78. The van der Waals surface area contributed by atoms with Crippen LogP contribution in [0.3, 0.4) is 0 Å². The fourth-order valence-electron chi connectivity index (χ4n) is 1.69. The summed E-state index contributed by atoms with van der Waals surface area (Å²) in [6.45, 7) is 5.85. The van der Waals surface area contributed by atoms with Gasteiger partial charge < -0.3 is 15.7 Å². The Kier molecular flexibility index (Phi) is 6.44. The number of aromatic carboxylic acids is 1. The van der Waals surface area contributed by atoms with Crippen molar-refractivity contribution >= 4 is 23.3 Å². The molecule has 7 heteroatoms. The lowest BCUT2D eigenvalue weighted by molar-refractivity contribution is 0.0691. The molecule has 1 aromatic heterocycles. The molecule has 0 radical (unpaired) electrons. The molecule has 0 aliphatic rings. The van der Waals surface area contributed by atoms with E-state index in [9.17, 15) is 9.59 Å². The number of carbonyl (C=O) groups excluding carboxylic acids is 1. The maximum atomic E-state index is 11.8. The Morgan fingerprint density at radius 1 is 1.40 bits per heavy atom. The van der Waals surface area contributed by atoms with Crippen LogP contribution < -0.4 is 10.6 Å². The number of thiazole rings is 1. The van der Waals surface area contributed by atoms with Crippen LogP contribution in [0.25, 0.3) is 0 Å². The number of amides is 2. The van der Waals surface area contributed by atoms with Crippen molar-refractivity contribution in [2.24, 2.45) is 0 Å². The lowest BCUT2D eigenvalue weighted by atomic mass is 10.1. The van der Waals surface area contributed by atoms with Crippen molar-refractivity contribution in [3.63, 3.8) is 0 Å². The van der Waals surface area contributed by atoms with Gasteiger partial charge in [-0.1, -0.05) is 19.8 Å². The normalized spacial score (nSPS) is 13.6. The molecule has 3 N–H and O–H groups in total. The van der Waals surface area contributed by atoms with Gasteiger partial charge in [-0.15, -0.1) is 11.3 Å². The standard InChI is InChI=1S/C13H21N3O3S/c1-4-5-6-8(2)14-13(19)15-9(3)11-16-10(7-20-11)12(17)18/h7-9H,4-6H2,1-3H3,(H,17,18)(H2,14,15,19). The first-order valence-corrected chi connectivity index (χ1v) is 7.57. The van der Waals surface area contributed by atoms with Gasteiger partial charge in [0.05, 0.1) is 6.04 Å². The van der Waals surface area contributed by atoms with Crippen molar-refractivity contribution in [3.05, 3.63) is 16.1 Å². The van der Waals surface area contributed by atoms with Gasteiger partial charge in [0.15, 0.2) is 5.69 Å². The fraction of sp³-hybridized carbons (Fsp3) is 0.615. The van der Waals surface area contributed by atoms with E-state index in [1.54, 1.807) is 6.92 Å². The second-order valence-electron chi connectivity index (χ2n) is 4.76. The van der Waals surface area contributed by atoms with Crippen LogP contribution in [0.15, 0.2) is 5.38 Å². The molecule has 0 aliphatic carbocycles. The number of nitrogens with zero attached hydrogens (tertiary/aromatic N) is 1. The minimum atomic E-state index is -1.06. The molecule has 2 atom stereocenters. The van der Waals surface area contributed by atoms with Gasteiger partial charge in [-0.05, 0) is 20.3 Å². The summed E-state index contributed by atoms with van der Waals surface area (Å²) < 4.78 is 0. The van der Waals surface area contributed by atoms with Gasteiger partial charge in [-0.3, -0.25) is 0 Å². The molecule has 0 saturated carbocycles. The lowest BCUT2D eigenvalue weighted by Gasteiger charge is -2.16. The summed E-state index contributed by atoms with van der Waals surface area (Å²) in [4.78, 5) is 26.5. The summed E-state index contributed by atoms with van der Waals surface area (Å²) in [6.07, 6.45) is 3.12. The second kappa shape index (κ2) is 7.84. The number of rotatable bonds is 7. The van der Waals surface area contributed by atoms with E-state index in [0.717, 1.165) is 19.3 Å². The highest BCUT2D eigenvalue weighted by atomic mass is 32.1. The summed E-state index contributed by atoms with van der Waals surface area (Å²) in [5.74, 6) is -1.06. The molecule has 0 spiro atoms. The van der Waals surface area contributed by atoms with Crippen LogP contribution in [-0.4, -0.2) is 28.1 Å². The van der Waals surface area contributed by atoms with Crippen molar-refractivity contribution in [1.82, 2.24) is 15.6 Å². The van der Waals surface area contributed by atoms with Gasteiger partial charge in [0.2, 0.25) is 0 Å². The number of carbonyl (C=O) groups is 2. The molecular formula is C13H21N3O3S. The smallest absolute Gasteiger partial charge is 0.355 e. The molecule has 0 bridgehead atoms. The van der Waals surface area contributed by atoms with E-state index in [-0.39, 0.29) is 23.8 Å². The van der Waals surface area contributed by atoms with E-state index in [2.05, 4.69) is 22.5 Å². The minimum absolute atomic E-state index is 0.00960. The van der Waals surface area contributed by atoms with E-state index in [1.807, 2.05) is 6.92 Å². The molecule has 1 heterocycles. The molecule has 112 valence electrons. The number of unbranched alkanes of at least 4 members (excludes halogenated alkanes) is 1. The Bertz CT molecular complexity index is 461. The molecule has 0 aliphatic heterocycles. The van der Waals surface area contributed by atoms with Crippen molar-refractivity contribution in [2.75, 3.05) is 0 Å². The number of carboxylic acid groups (broad SMARTS) is 1. The van der Waals surface area contributed by atoms with Crippen LogP contribution in [-0.2, 0) is 0 Å². The zero-order valence-electron chi connectivity index (χ0n) is 12.0. The molecule has 20 heavy (non-hydrogen) atoms. The highest BCUT2D eigenvalue weighted by Crippen LogP contribution is 2.17. The quantitative estimate of drug-likeness (QED) is 0.722. The third-order valence-electron chi connectivity index (χ3n) is 2.83. The van der Waals surface area contributed by atoms with Crippen molar-refractivity contribution in [2.45, 2.75) is 52.1 Å². The van der Waals surface area contributed by atoms with Gasteiger partial charge in [0, 0.05) is 11.4 Å². The van der Waals surface area contributed by atoms with Crippen LogP contribution in [0.4, 0.5) is 4.79 Å². The molecule has 0 fully saturated rings. The molecule has 0 aromatic carbocycles. The number of urea groups is 1. The van der Waals surface area contributed by atoms with E-state index in [4.69, 9.17) is 5.11 Å². The first-order chi connectivity index (χ1) is 9.43. The lowest BCUT2D eigenvalue weighted by Crippen LogP contribution is -2.41. The van der Waals surface area contributed by atoms with E-state index >= 15 is 0 Å². The Morgan fingerprint density at radius 2 is 2.10 bits per heavy atom. The third kappa shape index (κ3) is 5.16. The number of aromatic nitrogens is 1. The Labute approximate surface area is 122 Å². The summed E-state index contributed by atoms with van der Waals surface area (Å²) in [5.41, 5.74) is 0.00960. The highest BCUT2D eigenvalue weighted by Gasteiger charge is 2.16. The van der Waals surface area contributed by atoms with Crippen LogP contribution in [0, 0.1) is 0 Å². The van der Waals surface area contributed by atoms with Crippen molar-refractivity contribution in [1.29, 1.82) is 0 Å². The summed E-state index contributed by atoms with van der Waals surface area (Å²) in [5, 5.41) is 16.5. The van der Waals surface area contributed by atoms with Gasteiger partial charge in [0.1, 0.15) is 5.01 Å². The van der Waals surface area contributed by atoms with Crippen LogP contribution in [0.5, 0.6) is 0 Å². The molecule has 1 rings (SSSR count). The minimum Gasteiger partial charge on any atom is -0.476 e. The topological polar surface area (TPSA) is 91.3 Å². The van der Waals surface area contributed by atoms with Crippen LogP contribution in [0.1, 0.15) is 61.6 Å². The fourth-order valence-corrected chi connectivity index (χ4v) is 2.49. The maximum Gasteiger partial charge on any atom is 0.355 e. The first kappa shape index (κ1) is 16.4. The Hall–Kier alpha value is -1.63. The number of carboxylic acids is 1. The highest BCUT2D eigenvalue weighted by molar-refractivity contribution is 7.09. The molecule has 6 nitrogen and oxygen atoms in total. The van der Waals surface area contributed by atoms with Gasteiger partial charge in [-0.25, -0.2) is 14.6 Å². The monoisotopic (exact) mass is 299 g/mol. The average Bonchev–Trinajstić information content (AvgIpc) is 2.85. The summed E-state index contributed by atoms with van der Waals surface area (Å²) >= 11 is 1.23. The predicted molar refractivity (Wildman–Crippen MR) is 78.1 cm³/mol. The zero-order valence-corrected chi connectivity index (χ0v) is 12.8. The Morgan fingerprint density at radius 3 is 2.65 bits per heavy atom. The Balaban J connectivity index is 2.46. The molecule has 2 amide bonds. The van der Waals surface area contributed by atoms with E-state index in [1.165, 1.54) is 16.7 Å². The van der Waals surface area contributed by atoms with Crippen molar-refractivity contribution < 1.29 is 14.7 Å². The zero-order chi connectivity index (χ0) is 15.1. The van der Waals surface area contributed by atoms with Gasteiger partial charge >= 0.3 is 12.0 Å². The molecular weight excluding hydrogens is 278 g/mol. The third-order valence-corrected chi connectivity index (χ3v) is 3.85. The van der Waals surface area contributed by atoms with Gasteiger partial charge in [0.25, 0.3) is 0 Å². The molecule has 0 saturated heterocycles. The number of hydrogen-bond donors (Lipinski definition) is 3. The number of hydrogen-bond acceptors (Lipinski definition) is 4. The summed E-state index contributed by atoms with van der Waals surface area (Å²) in [7, 11) is 0. The van der Waals surface area contributed by atoms with Crippen molar-refractivity contribution in [3.8, 4) is 0 Å². The SMILES string of the molecule is CCCCC(C)NC(=O)NC(C)c1nc(C(=O)O)cs1. The average molecular weight is 299 g/mol. The van der Waals surface area contributed by atoms with E-state index in [0.29, 0.717) is 5.01 Å². The van der Waals surface area contributed by atoms with Crippen LogP contribution in [0.2, 0.25) is 0 Å². The van der Waals surface area contributed by atoms with E-state index < -0.39 is 5.97 Å². The van der Waals surface area contributed by atoms with Gasteiger partial charge in [-0.2, -0.15) is 0 Å². The molecule has 1 aromatic rings. The first-order valence-electron chi connectivity index (χ1n) is 6.69. The molecule has 2 unspecified atom stereocenters. The number of nitrogens with one attached hydrogen (secondary N) is 2. The largest absolute Gasteiger partial charge is 0.476 e. The summed E-state index contributed by atoms with van der Waals surface area (Å²) in [6, 6.07) is -0.451. The second-order valence-corrected chi connectivity index (χ2v) is 5.65.